The average Bonchev–Trinajstić information content (AvgIpc) is 2.70. The van der Waals surface area contributed by atoms with Gasteiger partial charge in [0.25, 0.3) is 0 Å². The minimum Gasteiger partial charge on any atom is -0.366 e. The predicted molar refractivity (Wildman–Crippen MR) is 67.7 cm³/mol. The van der Waals surface area contributed by atoms with Crippen molar-refractivity contribution in [3.8, 4) is 0 Å². The minimum atomic E-state index is 0.465. The molecule has 0 amide bonds. The van der Waals surface area contributed by atoms with Gasteiger partial charge in [-0.1, -0.05) is 0 Å². The lowest BCUT2D eigenvalue weighted by molar-refractivity contribution is 0.327. The van der Waals surface area contributed by atoms with Gasteiger partial charge in [-0.2, -0.15) is 0 Å². The number of nitrogens with zero attached hydrogens (tertiary/aromatic N) is 2. The van der Waals surface area contributed by atoms with Crippen LogP contribution in [0.25, 0.3) is 0 Å². The third-order valence-electron chi connectivity index (χ3n) is 3.04. The summed E-state index contributed by atoms with van der Waals surface area (Å²) in [6, 6.07) is 4.59. The molecular weight excluding hydrogens is 198 g/mol. The maximum Gasteiger partial charge on any atom is 0.126 e. The van der Waals surface area contributed by atoms with Crippen LogP contribution in [0.4, 0.5) is 5.82 Å². The number of nitrogens with one attached hydrogen (secondary N) is 1. The van der Waals surface area contributed by atoms with Crippen LogP contribution in [-0.4, -0.2) is 35.6 Å². The van der Waals surface area contributed by atoms with Crippen LogP contribution in [0.2, 0.25) is 0 Å². The number of aromatic nitrogens is 1. The molecule has 0 aromatic carbocycles. The van der Waals surface area contributed by atoms with E-state index in [1.807, 2.05) is 12.3 Å². The minimum absolute atomic E-state index is 0.465. The molecular formula is C13H21N3. The number of hydrogen-bond donors (Lipinski definition) is 1. The largest absolute Gasteiger partial charge is 0.366 e. The van der Waals surface area contributed by atoms with E-state index in [9.17, 15) is 0 Å². The number of rotatable bonds is 4. The van der Waals surface area contributed by atoms with Gasteiger partial charge in [0, 0.05) is 18.8 Å². The second kappa shape index (κ2) is 5.30. The Morgan fingerprint density at radius 1 is 1.44 bits per heavy atom. The number of likely N-dealkylation sites (tertiary alicyclic amines) is 1. The Morgan fingerprint density at radius 2 is 2.19 bits per heavy atom. The highest BCUT2D eigenvalue weighted by molar-refractivity contribution is 5.37. The zero-order chi connectivity index (χ0) is 11.4. The summed E-state index contributed by atoms with van der Waals surface area (Å²) in [4.78, 5) is 6.85. The third-order valence-corrected chi connectivity index (χ3v) is 3.04. The molecule has 16 heavy (non-hydrogen) atoms. The smallest absolute Gasteiger partial charge is 0.126 e. The molecule has 3 heteroatoms. The molecule has 1 N–H and O–H groups in total. The molecule has 1 atom stereocenters. The Hall–Kier alpha value is -1.09. The maximum atomic E-state index is 4.32. The van der Waals surface area contributed by atoms with Gasteiger partial charge < -0.3 is 10.2 Å². The normalized spacial score (nSPS) is 18.6. The van der Waals surface area contributed by atoms with Gasteiger partial charge in [0.2, 0.25) is 0 Å². The van der Waals surface area contributed by atoms with Crippen molar-refractivity contribution in [3.63, 3.8) is 0 Å². The molecule has 1 unspecified atom stereocenters. The van der Waals surface area contributed by atoms with E-state index in [0.29, 0.717) is 6.04 Å². The van der Waals surface area contributed by atoms with E-state index in [0.717, 1.165) is 12.4 Å². The van der Waals surface area contributed by atoms with E-state index in [-0.39, 0.29) is 0 Å². The molecule has 1 fully saturated rings. The van der Waals surface area contributed by atoms with Crippen LogP contribution in [0.15, 0.2) is 18.3 Å². The fourth-order valence-electron chi connectivity index (χ4n) is 2.27. The van der Waals surface area contributed by atoms with Crippen LogP contribution in [0.3, 0.4) is 0 Å². The number of aryl methyl sites for hydroxylation is 1. The highest BCUT2D eigenvalue weighted by Crippen LogP contribution is 2.11. The van der Waals surface area contributed by atoms with Crippen molar-refractivity contribution in [3.05, 3.63) is 23.9 Å². The van der Waals surface area contributed by atoms with Crippen LogP contribution in [-0.2, 0) is 0 Å². The van der Waals surface area contributed by atoms with Crippen LogP contribution in [0.1, 0.15) is 25.3 Å². The van der Waals surface area contributed by atoms with Crippen LogP contribution in [0.5, 0.6) is 0 Å². The fraction of sp³-hybridized carbons (Fsp3) is 0.615. The maximum absolute atomic E-state index is 4.32. The molecule has 0 aliphatic carbocycles. The van der Waals surface area contributed by atoms with Gasteiger partial charge in [-0.3, -0.25) is 0 Å². The number of hydrogen-bond acceptors (Lipinski definition) is 3. The molecule has 2 rings (SSSR count). The van der Waals surface area contributed by atoms with Crippen molar-refractivity contribution in [2.24, 2.45) is 0 Å². The first kappa shape index (κ1) is 11.4. The van der Waals surface area contributed by atoms with Crippen LogP contribution < -0.4 is 5.32 Å². The quantitative estimate of drug-likeness (QED) is 0.842. The van der Waals surface area contributed by atoms with E-state index in [1.165, 1.54) is 31.5 Å². The van der Waals surface area contributed by atoms with Crippen molar-refractivity contribution >= 4 is 5.82 Å². The van der Waals surface area contributed by atoms with E-state index >= 15 is 0 Å². The van der Waals surface area contributed by atoms with Crippen LogP contribution >= 0.6 is 0 Å². The van der Waals surface area contributed by atoms with Gasteiger partial charge in [-0.25, -0.2) is 4.98 Å². The first-order chi connectivity index (χ1) is 7.74. The Balaban J connectivity index is 1.84. The second-order valence-electron chi connectivity index (χ2n) is 4.77. The van der Waals surface area contributed by atoms with Gasteiger partial charge in [0.15, 0.2) is 0 Å². The van der Waals surface area contributed by atoms with E-state index in [4.69, 9.17) is 0 Å². The van der Waals surface area contributed by atoms with E-state index in [2.05, 4.69) is 35.1 Å². The molecule has 0 spiro atoms. The molecule has 1 aromatic rings. The lowest BCUT2D eigenvalue weighted by atomic mass is 10.2. The summed E-state index contributed by atoms with van der Waals surface area (Å²) >= 11 is 0. The summed E-state index contributed by atoms with van der Waals surface area (Å²) in [6.45, 7) is 7.95. The zero-order valence-electron chi connectivity index (χ0n) is 10.2. The summed E-state index contributed by atoms with van der Waals surface area (Å²) < 4.78 is 0. The molecule has 88 valence electrons. The van der Waals surface area contributed by atoms with E-state index < -0.39 is 0 Å². The lowest BCUT2D eigenvalue weighted by Crippen LogP contribution is -2.33. The van der Waals surface area contributed by atoms with Crippen molar-refractivity contribution in [2.75, 3.05) is 25.0 Å². The molecule has 2 heterocycles. The van der Waals surface area contributed by atoms with E-state index in [1.54, 1.807) is 0 Å². The van der Waals surface area contributed by atoms with Crippen molar-refractivity contribution in [2.45, 2.75) is 32.7 Å². The molecule has 0 radical (unpaired) electrons. The van der Waals surface area contributed by atoms with Gasteiger partial charge >= 0.3 is 0 Å². The lowest BCUT2D eigenvalue weighted by Gasteiger charge is -2.21. The average molecular weight is 219 g/mol. The van der Waals surface area contributed by atoms with Crippen molar-refractivity contribution < 1.29 is 0 Å². The SMILES string of the molecule is Cc1ccnc(NC(C)CN2CCCC2)c1. The Bertz CT molecular complexity index is 332. The zero-order valence-corrected chi connectivity index (χ0v) is 10.2. The third kappa shape index (κ3) is 3.20. The van der Waals surface area contributed by atoms with Crippen molar-refractivity contribution in [1.82, 2.24) is 9.88 Å². The number of anilines is 1. The Morgan fingerprint density at radius 3 is 2.88 bits per heavy atom. The summed E-state index contributed by atoms with van der Waals surface area (Å²) in [5.41, 5.74) is 1.26. The molecule has 0 saturated carbocycles. The first-order valence-corrected chi connectivity index (χ1v) is 6.15. The van der Waals surface area contributed by atoms with Gasteiger partial charge in [-0.05, 0) is 57.5 Å². The predicted octanol–water partition coefficient (Wildman–Crippen LogP) is 2.29. The summed E-state index contributed by atoms with van der Waals surface area (Å²) in [6.07, 6.45) is 4.57. The first-order valence-electron chi connectivity index (χ1n) is 6.15. The summed E-state index contributed by atoms with van der Waals surface area (Å²) in [5, 5.41) is 3.46. The van der Waals surface area contributed by atoms with Gasteiger partial charge in [0.05, 0.1) is 0 Å². The Labute approximate surface area is 97.9 Å². The van der Waals surface area contributed by atoms with Gasteiger partial charge in [0.1, 0.15) is 5.82 Å². The molecule has 1 saturated heterocycles. The monoisotopic (exact) mass is 219 g/mol. The van der Waals surface area contributed by atoms with Gasteiger partial charge in [-0.15, -0.1) is 0 Å². The fourth-order valence-corrected chi connectivity index (χ4v) is 2.27. The Kier molecular flexibility index (Phi) is 3.78. The molecule has 3 nitrogen and oxygen atoms in total. The molecule has 1 aliphatic rings. The standard InChI is InChI=1S/C13H21N3/c1-11-5-6-14-13(9-11)15-12(2)10-16-7-3-4-8-16/h5-6,9,12H,3-4,7-8,10H2,1-2H3,(H,14,15). The molecule has 0 bridgehead atoms. The summed E-state index contributed by atoms with van der Waals surface area (Å²) in [7, 11) is 0. The summed E-state index contributed by atoms with van der Waals surface area (Å²) in [5.74, 6) is 0.992. The molecule has 1 aliphatic heterocycles. The second-order valence-corrected chi connectivity index (χ2v) is 4.77. The van der Waals surface area contributed by atoms with Crippen LogP contribution in [0, 0.1) is 6.92 Å². The molecule has 1 aromatic heterocycles. The van der Waals surface area contributed by atoms with Crippen molar-refractivity contribution in [1.29, 1.82) is 0 Å². The highest BCUT2D eigenvalue weighted by atomic mass is 15.2. The topological polar surface area (TPSA) is 28.2 Å². The highest BCUT2D eigenvalue weighted by Gasteiger charge is 2.14. The number of pyridine rings is 1.